The normalized spacial score (nSPS) is 11.6. The molecule has 2 aromatic carbocycles. The van der Waals surface area contributed by atoms with E-state index in [2.05, 4.69) is 10.6 Å². The Hall–Kier alpha value is -3.78. The molecule has 3 rings (SSSR count). The molecule has 0 radical (unpaired) electrons. The topological polar surface area (TPSA) is 121 Å². The smallest absolute Gasteiger partial charge is 0.319 e. The fourth-order valence-corrected chi connectivity index (χ4v) is 3.93. The van der Waals surface area contributed by atoms with E-state index in [0.717, 1.165) is 5.56 Å². The van der Waals surface area contributed by atoms with Gasteiger partial charge in [0.15, 0.2) is 5.69 Å². The summed E-state index contributed by atoms with van der Waals surface area (Å²) in [6.45, 7) is 3.98. The van der Waals surface area contributed by atoms with Crippen LogP contribution < -0.4 is 16.2 Å². The van der Waals surface area contributed by atoms with Gasteiger partial charge in [0.05, 0.1) is 19.0 Å². The van der Waals surface area contributed by atoms with E-state index >= 15 is 0 Å². The Labute approximate surface area is 208 Å². The standard InChI is InChI=1S/C26H28ClN3O5/c1-3-6-19-15-30(14-18-7-4-5-8-20(18)27)25(34)23(24(19)33)29-26(35)28-21(13-22(31)32)17-11-9-16(2)10-12-17/h4-5,7-12,15,21,33H,3,6,13-14H2,1-2H3,(H,31,32)(H2,28,29,35)/t21-/m0/s1. The van der Waals surface area contributed by atoms with E-state index in [4.69, 9.17) is 11.6 Å². The van der Waals surface area contributed by atoms with Crippen LogP contribution in [0.25, 0.3) is 0 Å². The van der Waals surface area contributed by atoms with Crippen molar-refractivity contribution in [1.82, 2.24) is 9.88 Å². The molecule has 4 N–H and O–H groups in total. The van der Waals surface area contributed by atoms with Gasteiger partial charge in [-0.05, 0) is 30.5 Å². The number of benzene rings is 2. The number of hydrogen-bond donors (Lipinski definition) is 4. The number of amides is 2. The Bertz CT molecular complexity index is 1270. The summed E-state index contributed by atoms with van der Waals surface area (Å²) >= 11 is 6.26. The zero-order valence-electron chi connectivity index (χ0n) is 19.5. The van der Waals surface area contributed by atoms with Crippen LogP contribution in [0.5, 0.6) is 5.75 Å². The third-order valence-electron chi connectivity index (χ3n) is 5.55. The number of aromatic hydroxyl groups is 1. The molecule has 0 aliphatic carbocycles. The number of halogens is 1. The number of aliphatic carboxylic acids is 1. The summed E-state index contributed by atoms with van der Waals surface area (Å²) in [4.78, 5) is 37.4. The third-order valence-corrected chi connectivity index (χ3v) is 5.92. The lowest BCUT2D eigenvalue weighted by molar-refractivity contribution is -0.137. The van der Waals surface area contributed by atoms with Gasteiger partial charge in [-0.1, -0.05) is 73.0 Å². The van der Waals surface area contributed by atoms with Gasteiger partial charge >= 0.3 is 12.0 Å². The van der Waals surface area contributed by atoms with Crippen molar-refractivity contribution in [3.8, 4) is 5.75 Å². The Morgan fingerprint density at radius 1 is 1.09 bits per heavy atom. The van der Waals surface area contributed by atoms with Crippen molar-refractivity contribution in [2.45, 2.75) is 45.7 Å². The maximum absolute atomic E-state index is 13.2. The van der Waals surface area contributed by atoms with E-state index in [-0.39, 0.29) is 24.4 Å². The lowest BCUT2D eigenvalue weighted by atomic mass is 10.0. The van der Waals surface area contributed by atoms with Gasteiger partial charge in [0.25, 0.3) is 5.56 Å². The lowest BCUT2D eigenvalue weighted by Crippen LogP contribution is -2.36. The molecule has 1 heterocycles. The van der Waals surface area contributed by atoms with Crippen LogP contribution in [0.15, 0.2) is 59.5 Å². The molecule has 0 saturated heterocycles. The summed E-state index contributed by atoms with van der Waals surface area (Å²) in [5, 5.41) is 25.6. The van der Waals surface area contributed by atoms with Crippen molar-refractivity contribution in [3.05, 3.63) is 92.4 Å². The molecule has 0 spiro atoms. The maximum atomic E-state index is 13.2. The molecule has 35 heavy (non-hydrogen) atoms. The van der Waals surface area contributed by atoms with E-state index < -0.39 is 23.6 Å². The summed E-state index contributed by atoms with van der Waals surface area (Å²) in [5.74, 6) is -1.40. The number of aromatic nitrogens is 1. The second kappa shape index (κ2) is 11.6. The number of carboxylic acids is 1. The first-order valence-electron chi connectivity index (χ1n) is 11.2. The molecule has 0 saturated carbocycles. The van der Waals surface area contributed by atoms with Crippen molar-refractivity contribution < 1.29 is 19.8 Å². The molecule has 9 heteroatoms. The van der Waals surface area contributed by atoms with E-state index in [1.165, 1.54) is 4.57 Å². The molecule has 0 aliphatic rings. The highest BCUT2D eigenvalue weighted by Gasteiger charge is 2.22. The number of carbonyl (C=O) groups excluding carboxylic acids is 1. The summed E-state index contributed by atoms with van der Waals surface area (Å²) in [7, 11) is 0. The van der Waals surface area contributed by atoms with Crippen LogP contribution >= 0.6 is 11.6 Å². The lowest BCUT2D eigenvalue weighted by Gasteiger charge is -2.19. The SMILES string of the molecule is CCCc1cn(Cc2ccccc2Cl)c(=O)c(NC(=O)N[C@@H](CC(=O)O)c2ccc(C)cc2)c1O. The van der Waals surface area contributed by atoms with Crippen LogP contribution in [0.1, 0.15) is 48.1 Å². The number of aryl methyl sites for hydroxylation is 2. The third kappa shape index (κ3) is 6.64. The van der Waals surface area contributed by atoms with Gasteiger partial charge in [-0.2, -0.15) is 0 Å². The van der Waals surface area contributed by atoms with E-state index in [9.17, 15) is 24.6 Å². The van der Waals surface area contributed by atoms with E-state index in [0.29, 0.717) is 34.6 Å². The monoisotopic (exact) mass is 497 g/mol. The van der Waals surface area contributed by atoms with Crippen LogP contribution in [0.4, 0.5) is 10.5 Å². The molecular formula is C26H28ClN3O5. The fraction of sp³-hybridized carbons (Fsp3) is 0.269. The average Bonchev–Trinajstić information content (AvgIpc) is 2.81. The zero-order valence-corrected chi connectivity index (χ0v) is 20.3. The van der Waals surface area contributed by atoms with Crippen molar-refractivity contribution in [1.29, 1.82) is 0 Å². The number of pyridine rings is 1. The van der Waals surface area contributed by atoms with Crippen LogP contribution in [0, 0.1) is 6.92 Å². The van der Waals surface area contributed by atoms with Gasteiger partial charge in [0.1, 0.15) is 5.75 Å². The van der Waals surface area contributed by atoms with Gasteiger partial charge in [-0.15, -0.1) is 0 Å². The highest BCUT2D eigenvalue weighted by molar-refractivity contribution is 6.31. The zero-order chi connectivity index (χ0) is 25.5. The summed E-state index contributed by atoms with van der Waals surface area (Å²) < 4.78 is 1.39. The second-order valence-corrected chi connectivity index (χ2v) is 8.72. The molecule has 0 aliphatic heterocycles. The number of nitrogens with zero attached hydrogens (tertiary/aromatic N) is 1. The van der Waals surface area contributed by atoms with Crippen molar-refractivity contribution in [2.75, 3.05) is 5.32 Å². The first kappa shape index (κ1) is 25.8. The van der Waals surface area contributed by atoms with Gasteiger partial charge in [0.2, 0.25) is 0 Å². The molecule has 2 amide bonds. The predicted octanol–water partition coefficient (Wildman–Crippen LogP) is 4.85. The molecule has 0 unspecified atom stereocenters. The highest BCUT2D eigenvalue weighted by Crippen LogP contribution is 2.27. The number of rotatable bonds is 9. The fourth-order valence-electron chi connectivity index (χ4n) is 3.74. The predicted molar refractivity (Wildman–Crippen MR) is 135 cm³/mol. The van der Waals surface area contributed by atoms with Gasteiger partial charge in [0, 0.05) is 16.8 Å². The van der Waals surface area contributed by atoms with E-state index in [1.54, 1.807) is 42.6 Å². The Morgan fingerprint density at radius 2 is 1.77 bits per heavy atom. The molecule has 0 fully saturated rings. The van der Waals surface area contributed by atoms with Crippen molar-refractivity contribution in [2.24, 2.45) is 0 Å². The number of nitrogens with one attached hydrogen (secondary N) is 2. The van der Waals surface area contributed by atoms with Gasteiger partial charge < -0.3 is 25.4 Å². The molecule has 0 bridgehead atoms. The molecule has 3 aromatic rings. The second-order valence-electron chi connectivity index (χ2n) is 8.31. The Kier molecular flexibility index (Phi) is 8.54. The Balaban J connectivity index is 1.92. The first-order valence-corrected chi connectivity index (χ1v) is 11.6. The molecule has 1 aromatic heterocycles. The van der Waals surface area contributed by atoms with E-state index in [1.807, 2.05) is 26.0 Å². The van der Waals surface area contributed by atoms with Crippen molar-refractivity contribution in [3.63, 3.8) is 0 Å². The number of anilines is 1. The minimum absolute atomic E-state index is 0.150. The highest BCUT2D eigenvalue weighted by atomic mass is 35.5. The first-order chi connectivity index (χ1) is 16.7. The van der Waals surface area contributed by atoms with Crippen molar-refractivity contribution >= 4 is 29.3 Å². The molecule has 184 valence electrons. The summed E-state index contributed by atoms with van der Waals surface area (Å²) in [6.07, 6.45) is 2.40. The maximum Gasteiger partial charge on any atom is 0.319 e. The number of carbonyl (C=O) groups is 2. The minimum atomic E-state index is -1.09. The largest absolute Gasteiger partial charge is 0.505 e. The molecule has 1 atom stereocenters. The number of urea groups is 1. The van der Waals surface area contributed by atoms with Crippen LogP contribution in [-0.4, -0.2) is 26.8 Å². The number of hydrogen-bond acceptors (Lipinski definition) is 4. The van der Waals surface area contributed by atoms with Crippen LogP contribution in [0.2, 0.25) is 5.02 Å². The minimum Gasteiger partial charge on any atom is -0.505 e. The molecular weight excluding hydrogens is 470 g/mol. The van der Waals surface area contributed by atoms with Gasteiger partial charge in [-0.3, -0.25) is 9.59 Å². The van der Waals surface area contributed by atoms with Crippen LogP contribution in [0.3, 0.4) is 0 Å². The quantitative estimate of drug-likeness (QED) is 0.336. The number of carboxylic acid groups (broad SMARTS) is 1. The summed E-state index contributed by atoms with van der Waals surface area (Å²) in [5.41, 5.74) is 1.91. The molecule has 8 nitrogen and oxygen atoms in total. The Morgan fingerprint density at radius 3 is 2.40 bits per heavy atom. The van der Waals surface area contributed by atoms with Gasteiger partial charge in [-0.25, -0.2) is 4.79 Å². The summed E-state index contributed by atoms with van der Waals surface area (Å²) in [6, 6.07) is 12.6. The van der Waals surface area contributed by atoms with Crippen LogP contribution in [-0.2, 0) is 17.8 Å². The average molecular weight is 498 g/mol.